The Hall–Kier alpha value is -0.940. The van der Waals surface area contributed by atoms with Crippen molar-refractivity contribution in [2.24, 2.45) is 0 Å². The van der Waals surface area contributed by atoms with E-state index in [2.05, 4.69) is 28.6 Å². The predicted molar refractivity (Wildman–Crippen MR) is 80.0 cm³/mol. The summed E-state index contributed by atoms with van der Waals surface area (Å²) < 4.78 is 14.2. The largest absolute Gasteiger partial charge is 0.330 e. The number of aryl methyl sites for hydroxylation is 2. The molecule has 2 unspecified atom stereocenters. The molecular formula is C13H18N2OS2. The van der Waals surface area contributed by atoms with Crippen LogP contribution in [0.1, 0.15) is 18.9 Å². The number of H-pyrrole nitrogens is 1. The number of fused-ring (bicyclic) bond motifs is 1. The lowest BCUT2D eigenvalue weighted by Crippen LogP contribution is -2.12. The quantitative estimate of drug-likeness (QED) is 0.875. The van der Waals surface area contributed by atoms with Gasteiger partial charge in [-0.25, -0.2) is 0 Å². The highest BCUT2D eigenvalue weighted by atomic mass is 32.2. The summed E-state index contributed by atoms with van der Waals surface area (Å²) in [5.41, 5.74) is 3.44. The number of nitrogens with one attached hydrogen (secondary N) is 1. The van der Waals surface area contributed by atoms with Gasteiger partial charge in [-0.1, -0.05) is 19.1 Å². The highest BCUT2D eigenvalue weighted by Crippen LogP contribution is 2.18. The number of rotatable bonds is 4. The Morgan fingerprint density at radius 1 is 1.50 bits per heavy atom. The van der Waals surface area contributed by atoms with Gasteiger partial charge in [0.05, 0.1) is 11.0 Å². The molecule has 0 saturated carbocycles. The first kappa shape index (κ1) is 13.5. The van der Waals surface area contributed by atoms with Crippen LogP contribution in [-0.4, -0.2) is 25.3 Å². The molecule has 2 aromatic rings. The minimum atomic E-state index is -0.774. The average Bonchev–Trinajstić information content (AvgIpc) is 2.64. The maximum Gasteiger partial charge on any atom is 0.178 e. The smallest absolute Gasteiger partial charge is 0.178 e. The Morgan fingerprint density at radius 3 is 2.89 bits per heavy atom. The molecule has 0 spiro atoms. The highest BCUT2D eigenvalue weighted by Gasteiger charge is 2.10. The number of nitrogens with zero attached hydrogens (tertiary/aromatic N) is 1. The van der Waals surface area contributed by atoms with Gasteiger partial charge in [0, 0.05) is 28.9 Å². The lowest BCUT2D eigenvalue weighted by molar-refractivity contribution is 0.625. The zero-order chi connectivity index (χ0) is 13.3. The Labute approximate surface area is 115 Å². The molecule has 0 amide bonds. The van der Waals surface area contributed by atoms with Crippen molar-refractivity contribution in [1.82, 2.24) is 9.55 Å². The van der Waals surface area contributed by atoms with Gasteiger partial charge in [0.15, 0.2) is 4.77 Å². The number of hydrogen-bond donors (Lipinski definition) is 1. The molecule has 0 aliphatic rings. The van der Waals surface area contributed by atoms with Gasteiger partial charge in [0.1, 0.15) is 0 Å². The summed E-state index contributed by atoms with van der Waals surface area (Å²) in [4.78, 5) is 3.25. The molecule has 18 heavy (non-hydrogen) atoms. The van der Waals surface area contributed by atoms with E-state index in [1.54, 1.807) is 6.26 Å². The van der Waals surface area contributed by atoms with Crippen LogP contribution in [0.15, 0.2) is 18.2 Å². The standard InChI is InChI=1S/C13H18N2OS2/c1-9-5-4-6-11-12(9)14-13(17)15(11)8-7-10(2)18(3)16/h4-6,10H,7-8H2,1-3H3,(H,14,17). The molecule has 0 bridgehead atoms. The summed E-state index contributed by atoms with van der Waals surface area (Å²) in [6.07, 6.45) is 2.63. The van der Waals surface area contributed by atoms with Gasteiger partial charge in [-0.15, -0.1) is 0 Å². The van der Waals surface area contributed by atoms with Crippen molar-refractivity contribution in [3.63, 3.8) is 0 Å². The fraction of sp³-hybridized carbons (Fsp3) is 0.462. The lowest BCUT2D eigenvalue weighted by Gasteiger charge is -2.09. The number of aromatic nitrogens is 2. The van der Waals surface area contributed by atoms with Gasteiger partial charge in [0.2, 0.25) is 0 Å². The molecule has 2 rings (SSSR count). The summed E-state index contributed by atoms with van der Waals surface area (Å²) >= 11 is 5.36. The van der Waals surface area contributed by atoms with Crippen molar-refractivity contribution < 1.29 is 4.21 Å². The monoisotopic (exact) mass is 282 g/mol. The van der Waals surface area contributed by atoms with E-state index < -0.39 is 10.8 Å². The first-order valence-electron chi connectivity index (χ1n) is 6.01. The van der Waals surface area contributed by atoms with Gasteiger partial charge in [-0.05, 0) is 37.2 Å². The van der Waals surface area contributed by atoms with Crippen molar-refractivity contribution >= 4 is 34.1 Å². The Balaban J connectivity index is 2.34. The third-order valence-electron chi connectivity index (χ3n) is 3.34. The number of benzene rings is 1. The molecule has 1 aromatic heterocycles. The molecule has 98 valence electrons. The Bertz CT molecular complexity index is 642. The summed E-state index contributed by atoms with van der Waals surface area (Å²) in [7, 11) is -0.774. The molecule has 2 atom stereocenters. The van der Waals surface area contributed by atoms with Crippen LogP contribution in [0.2, 0.25) is 0 Å². The molecule has 0 aliphatic carbocycles. The van der Waals surface area contributed by atoms with Crippen molar-refractivity contribution in [1.29, 1.82) is 0 Å². The number of para-hydroxylation sites is 1. The SMILES string of the molecule is Cc1cccc2c1[nH]c(=S)n2CCC(C)S(C)=O. The molecule has 0 saturated heterocycles. The second-order valence-corrected chi connectivity index (χ2v) is 6.84. The van der Waals surface area contributed by atoms with Crippen LogP contribution in [0.25, 0.3) is 11.0 Å². The number of hydrogen-bond acceptors (Lipinski definition) is 2. The number of imidazole rings is 1. The van der Waals surface area contributed by atoms with E-state index in [0.717, 1.165) is 28.8 Å². The number of aromatic amines is 1. The van der Waals surface area contributed by atoms with Gasteiger partial charge < -0.3 is 9.55 Å². The van der Waals surface area contributed by atoms with E-state index in [4.69, 9.17) is 12.2 Å². The van der Waals surface area contributed by atoms with Crippen LogP contribution >= 0.6 is 12.2 Å². The predicted octanol–water partition coefficient (Wildman–Crippen LogP) is 3.16. The van der Waals surface area contributed by atoms with E-state index in [1.807, 2.05) is 13.0 Å². The zero-order valence-electron chi connectivity index (χ0n) is 10.9. The Kier molecular flexibility index (Phi) is 4.02. The molecule has 5 heteroatoms. The molecule has 1 N–H and O–H groups in total. The fourth-order valence-corrected chi connectivity index (χ4v) is 2.75. The third kappa shape index (κ3) is 2.57. The van der Waals surface area contributed by atoms with Crippen LogP contribution in [0.3, 0.4) is 0 Å². The minimum absolute atomic E-state index is 0.196. The van der Waals surface area contributed by atoms with Crippen LogP contribution < -0.4 is 0 Å². The van der Waals surface area contributed by atoms with E-state index in [1.165, 1.54) is 5.56 Å². The highest BCUT2D eigenvalue weighted by molar-refractivity contribution is 7.84. The maximum atomic E-state index is 11.4. The summed E-state index contributed by atoms with van der Waals surface area (Å²) in [5, 5.41) is 0.196. The van der Waals surface area contributed by atoms with Crippen molar-refractivity contribution in [2.75, 3.05) is 6.26 Å². The second kappa shape index (κ2) is 5.36. The third-order valence-corrected chi connectivity index (χ3v) is 5.04. The Morgan fingerprint density at radius 2 is 2.22 bits per heavy atom. The first-order chi connectivity index (χ1) is 8.50. The van der Waals surface area contributed by atoms with Gasteiger partial charge in [-0.2, -0.15) is 0 Å². The van der Waals surface area contributed by atoms with Crippen molar-refractivity contribution in [3.8, 4) is 0 Å². The van der Waals surface area contributed by atoms with Gasteiger partial charge >= 0.3 is 0 Å². The van der Waals surface area contributed by atoms with E-state index in [9.17, 15) is 4.21 Å². The fourth-order valence-electron chi connectivity index (χ4n) is 2.02. The molecule has 1 aromatic carbocycles. The van der Waals surface area contributed by atoms with Gasteiger partial charge in [0.25, 0.3) is 0 Å². The van der Waals surface area contributed by atoms with E-state index in [0.29, 0.717) is 0 Å². The molecular weight excluding hydrogens is 264 g/mol. The summed E-state index contributed by atoms with van der Waals surface area (Å²) in [6, 6.07) is 6.18. The van der Waals surface area contributed by atoms with Crippen LogP contribution in [0.5, 0.6) is 0 Å². The summed E-state index contributed by atoms with van der Waals surface area (Å²) in [5.74, 6) is 0. The van der Waals surface area contributed by atoms with Crippen LogP contribution in [0.4, 0.5) is 0 Å². The summed E-state index contributed by atoms with van der Waals surface area (Å²) in [6.45, 7) is 4.89. The molecule has 0 fully saturated rings. The molecule has 0 aliphatic heterocycles. The average molecular weight is 282 g/mol. The second-order valence-electron chi connectivity index (χ2n) is 4.65. The van der Waals surface area contributed by atoms with Crippen molar-refractivity contribution in [2.45, 2.75) is 32.1 Å². The topological polar surface area (TPSA) is 37.8 Å². The minimum Gasteiger partial charge on any atom is -0.330 e. The zero-order valence-corrected chi connectivity index (χ0v) is 12.5. The van der Waals surface area contributed by atoms with E-state index >= 15 is 0 Å². The normalized spacial score (nSPS) is 14.8. The van der Waals surface area contributed by atoms with Crippen molar-refractivity contribution in [3.05, 3.63) is 28.5 Å². The van der Waals surface area contributed by atoms with Gasteiger partial charge in [-0.3, -0.25) is 4.21 Å². The van der Waals surface area contributed by atoms with E-state index in [-0.39, 0.29) is 5.25 Å². The molecule has 3 nitrogen and oxygen atoms in total. The lowest BCUT2D eigenvalue weighted by atomic mass is 10.2. The maximum absolute atomic E-state index is 11.4. The molecule has 1 heterocycles. The molecule has 0 radical (unpaired) electrons. The van der Waals surface area contributed by atoms with Crippen LogP contribution in [0, 0.1) is 11.7 Å². The first-order valence-corrected chi connectivity index (χ1v) is 8.04. The van der Waals surface area contributed by atoms with Crippen LogP contribution in [-0.2, 0) is 17.3 Å².